The lowest BCUT2D eigenvalue weighted by Gasteiger charge is -2.24. The summed E-state index contributed by atoms with van der Waals surface area (Å²) < 4.78 is 0. The van der Waals surface area contributed by atoms with Crippen molar-refractivity contribution in [1.29, 1.82) is 52.6 Å². The van der Waals surface area contributed by atoms with Crippen molar-refractivity contribution in [2.75, 3.05) is 0 Å². The molecular formula is C58H22N12. The molecule has 2 aromatic heterocycles. The van der Waals surface area contributed by atoms with Crippen molar-refractivity contribution in [3.63, 3.8) is 0 Å². The Balaban J connectivity index is 1.66. The highest BCUT2D eigenvalue weighted by Crippen LogP contribution is 2.63. The van der Waals surface area contributed by atoms with E-state index in [-0.39, 0.29) is 117 Å². The summed E-state index contributed by atoms with van der Waals surface area (Å²) in [5, 5.41) is 107. The molecule has 0 unspecified atom stereocenters. The van der Waals surface area contributed by atoms with E-state index in [0.29, 0.717) is 27.8 Å². The van der Waals surface area contributed by atoms with Crippen LogP contribution >= 0.6 is 0 Å². The Bertz CT molecular complexity index is 3790. The zero-order chi connectivity index (χ0) is 49.1. The number of allylic oxidation sites excluding steroid dienone is 8. The van der Waals surface area contributed by atoms with Gasteiger partial charge in [-0.2, -0.15) is 52.6 Å². The molecule has 5 aromatic carbocycles. The molecule has 0 fully saturated rings. The minimum absolute atomic E-state index is 0.0282. The summed E-state index contributed by atoms with van der Waals surface area (Å²) in [5.41, 5.74) is 4.83. The zero-order valence-corrected chi connectivity index (χ0v) is 36.1. The third kappa shape index (κ3) is 7.04. The maximum atomic E-state index is 11.7. The van der Waals surface area contributed by atoms with Crippen LogP contribution in [0.3, 0.4) is 0 Å². The first-order valence-electron chi connectivity index (χ1n) is 20.9. The molecule has 2 aliphatic rings. The van der Waals surface area contributed by atoms with Crippen LogP contribution in [0.5, 0.6) is 0 Å². The summed E-state index contributed by atoms with van der Waals surface area (Å²) in [7, 11) is 0. The van der Waals surface area contributed by atoms with Crippen LogP contribution < -0.4 is 0 Å². The Morgan fingerprint density at radius 1 is 0.329 bits per heavy atom. The van der Waals surface area contributed by atoms with Crippen molar-refractivity contribution in [2.45, 2.75) is 0 Å². The van der Waals surface area contributed by atoms with Gasteiger partial charge in [0.15, 0.2) is 0 Å². The second-order valence-electron chi connectivity index (χ2n) is 15.6. The molecular weight excluding hydrogens is 865 g/mol. The number of hydrogen-bond donors (Lipinski definition) is 0. The zero-order valence-electron chi connectivity index (χ0n) is 36.1. The second-order valence-corrected chi connectivity index (χ2v) is 15.6. The largest absolute Gasteiger partial charge is 0.256 e. The smallest absolute Gasteiger partial charge is 0.101 e. The van der Waals surface area contributed by atoms with E-state index < -0.39 is 0 Å². The van der Waals surface area contributed by atoms with E-state index in [1.807, 2.05) is 0 Å². The minimum atomic E-state index is -0.0655. The summed E-state index contributed by atoms with van der Waals surface area (Å²) in [4.78, 5) is 9.41. The van der Waals surface area contributed by atoms with Crippen LogP contribution in [0.1, 0.15) is 78.1 Å². The first-order chi connectivity index (χ1) is 34.3. The van der Waals surface area contributed by atoms with Crippen LogP contribution in [-0.4, -0.2) is 9.97 Å². The summed E-state index contributed by atoms with van der Waals surface area (Å²) in [6, 6.07) is 53.9. The van der Waals surface area contributed by atoms with Crippen LogP contribution in [0.15, 0.2) is 134 Å². The normalized spacial score (nSPS) is 13.2. The predicted molar refractivity (Wildman–Crippen MR) is 257 cm³/mol. The number of nitrogens with zero attached hydrogens (tertiary/aromatic N) is 12. The van der Waals surface area contributed by atoms with Crippen molar-refractivity contribution in [2.24, 2.45) is 0 Å². The molecule has 314 valence electrons. The Morgan fingerprint density at radius 3 is 0.957 bits per heavy atom. The highest BCUT2D eigenvalue weighted by molar-refractivity contribution is 6.38. The van der Waals surface area contributed by atoms with E-state index in [0.717, 1.165) is 0 Å². The lowest BCUT2D eigenvalue weighted by molar-refractivity contribution is 1.28. The number of benzene rings is 5. The van der Waals surface area contributed by atoms with Gasteiger partial charge in [0, 0.05) is 62.5 Å². The van der Waals surface area contributed by atoms with Gasteiger partial charge in [-0.3, -0.25) is 9.97 Å². The standard InChI is InChI=1S/C58H22N12/c59-23-33-7-11-39(12-8-33)49-55-45(31-67)51(47-5-1-3-15-69-47)53(43(29-65)41-19-35(25-61)17-36(20-41)26-62)57(55)50(40-13-9-34(24-60)10-14-40)58-54(44(30-66)42-21-37(27-63)18-38(22-42)28-64)52(46(32-68)56(49)58)48-6-2-4-16-70-48/h1-22H/b53-43+,54-44+. The summed E-state index contributed by atoms with van der Waals surface area (Å²) >= 11 is 0. The van der Waals surface area contributed by atoms with Crippen molar-refractivity contribution in [1.82, 2.24) is 9.97 Å². The Labute approximate surface area is 400 Å². The monoisotopic (exact) mass is 886 g/mol. The molecule has 70 heavy (non-hydrogen) atoms. The molecule has 0 saturated heterocycles. The van der Waals surface area contributed by atoms with Gasteiger partial charge in [0.05, 0.1) is 103 Å². The van der Waals surface area contributed by atoms with Crippen LogP contribution in [0.2, 0.25) is 0 Å². The van der Waals surface area contributed by atoms with Gasteiger partial charge in [-0.1, -0.05) is 36.4 Å². The summed E-state index contributed by atoms with van der Waals surface area (Å²) in [6.07, 6.45) is 3.05. The molecule has 0 amide bonds. The second kappa shape index (κ2) is 18.0. The average Bonchev–Trinajstić information content (AvgIpc) is 3.93. The minimum Gasteiger partial charge on any atom is -0.256 e. The first-order valence-corrected chi connectivity index (χ1v) is 20.9. The predicted octanol–water partition coefficient (Wildman–Crippen LogP) is 10.8. The van der Waals surface area contributed by atoms with Crippen molar-refractivity contribution >= 4 is 44.6 Å². The van der Waals surface area contributed by atoms with Gasteiger partial charge in [0.25, 0.3) is 0 Å². The molecule has 0 atom stereocenters. The van der Waals surface area contributed by atoms with Crippen LogP contribution in [-0.2, 0) is 0 Å². The molecule has 2 heterocycles. The van der Waals surface area contributed by atoms with Gasteiger partial charge in [0.1, 0.15) is 24.3 Å². The molecule has 0 bridgehead atoms. The quantitative estimate of drug-likeness (QED) is 0.141. The first kappa shape index (κ1) is 43.5. The van der Waals surface area contributed by atoms with Gasteiger partial charge < -0.3 is 0 Å². The fraction of sp³-hybridized carbons (Fsp3) is 0. The number of hydrogen-bond acceptors (Lipinski definition) is 12. The van der Waals surface area contributed by atoms with Gasteiger partial charge in [-0.15, -0.1) is 0 Å². The average molecular weight is 887 g/mol. The maximum absolute atomic E-state index is 11.7. The third-order valence-corrected chi connectivity index (χ3v) is 11.9. The summed E-state index contributed by atoms with van der Waals surface area (Å²) in [5.74, 6) is 0. The molecule has 0 spiro atoms. The van der Waals surface area contributed by atoms with E-state index in [1.54, 1.807) is 84.9 Å². The molecule has 0 aliphatic heterocycles. The number of aromatic nitrogens is 2. The van der Waals surface area contributed by atoms with Gasteiger partial charge in [-0.05, 0) is 113 Å². The van der Waals surface area contributed by atoms with Crippen LogP contribution in [0, 0.1) is 113 Å². The highest BCUT2D eigenvalue weighted by Gasteiger charge is 2.44. The van der Waals surface area contributed by atoms with Gasteiger partial charge in [0.2, 0.25) is 0 Å². The fourth-order valence-electron chi connectivity index (χ4n) is 9.09. The van der Waals surface area contributed by atoms with E-state index in [4.69, 9.17) is 9.97 Å². The highest BCUT2D eigenvalue weighted by atomic mass is 14.7. The molecule has 9 rings (SSSR count). The van der Waals surface area contributed by atoms with Crippen molar-refractivity contribution in [3.05, 3.63) is 212 Å². The van der Waals surface area contributed by atoms with E-state index in [2.05, 4.69) is 60.7 Å². The topological polar surface area (TPSA) is 264 Å². The number of rotatable bonds is 6. The van der Waals surface area contributed by atoms with Gasteiger partial charge in [-0.25, -0.2) is 0 Å². The molecule has 0 radical (unpaired) electrons. The van der Waals surface area contributed by atoms with E-state index >= 15 is 0 Å². The molecule has 2 aliphatic carbocycles. The lowest BCUT2D eigenvalue weighted by atomic mass is 9.77. The van der Waals surface area contributed by atoms with E-state index in [9.17, 15) is 52.6 Å². The molecule has 0 N–H and O–H groups in total. The number of fused-ring (bicyclic) bond motifs is 2. The number of nitriles is 10. The van der Waals surface area contributed by atoms with Crippen molar-refractivity contribution in [3.8, 4) is 82.9 Å². The molecule has 0 saturated carbocycles. The van der Waals surface area contributed by atoms with Crippen LogP contribution in [0.4, 0.5) is 0 Å². The van der Waals surface area contributed by atoms with Gasteiger partial charge >= 0.3 is 0 Å². The number of pyridine rings is 2. The third-order valence-electron chi connectivity index (χ3n) is 11.9. The molecule has 12 heteroatoms. The molecule has 7 aromatic rings. The van der Waals surface area contributed by atoms with E-state index in [1.165, 1.54) is 48.8 Å². The van der Waals surface area contributed by atoms with Crippen molar-refractivity contribution < 1.29 is 0 Å². The molecule has 12 nitrogen and oxygen atoms in total. The SMILES string of the molecule is N#CC1=C(c2ccccn2)/C(=C(/C#N)c2cc(C#N)cc(C#N)c2)c2c1c(-c1ccc(C#N)cc1)c1c(c2-c2ccc(C#N)cc2)/C(=C(\C#N)c2cc(C#N)cc(C#N)c2)C(c2ccccn2)=C1C#N. The summed E-state index contributed by atoms with van der Waals surface area (Å²) in [6.45, 7) is 0. The fourth-order valence-corrected chi connectivity index (χ4v) is 9.09. The maximum Gasteiger partial charge on any atom is 0.101 e. The Hall–Kier alpha value is -11.7. The Morgan fingerprint density at radius 2 is 0.671 bits per heavy atom. The van der Waals surface area contributed by atoms with Crippen LogP contribution in [0.25, 0.3) is 66.8 Å². The lowest BCUT2D eigenvalue weighted by Crippen LogP contribution is -2.05. The Kier molecular flexibility index (Phi) is 11.2.